The second-order valence-electron chi connectivity index (χ2n) is 16.5. The summed E-state index contributed by atoms with van der Waals surface area (Å²) in [6, 6.07) is 39.2. The Kier molecular flexibility index (Phi) is 12.7. The third-order valence-electron chi connectivity index (χ3n) is 10.7. The van der Waals surface area contributed by atoms with E-state index in [1.54, 1.807) is 27.7 Å². The fourth-order valence-corrected chi connectivity index (χ4v) is 8.11. The molecule has 0 unspecified atom stereocenters. The average Bonchev–Trinajstić information content (AvgIpc) is 3.62. The summed E-state index contributed by atoms with van der Waals surface area (Å²) in [6.45, 7) is 10.5. The number of hydrogen-bond donors (Lipinski definition) is 0. The monoisotopic (exact) mass is 842 g/mol. The van der Waals surface area contributed by atoms with Gasteiger partial charge in [0.25, 0.3) is 0 Å². The molecule has 0 amide bonds. The third kappa shape index (κ3) is 9.17. The number of carbonyl (C=O) groups is 2. The Bertz CT molecular complexity index is 2140. The maximum Gasteiger partial charge on any atom is 0.453 e. The number of rotatable bonds is 10. The minimum Gasteiger partial charge on any atom is -0.619 e. The number of hydroxylamine groups is 2. The molecule has 0 radical (unpaired) electrons. The van der Waals surface area contributed by atoms with Crippen LogP contribution in [0.2, 0.25) is 0 Å². The lowest BCUT2D eigenvalue weighted by molar-refractivity contribution is -0.679. The summed E-state index contributed by atoms with van der Waals surface area (Å²) in [5, 5.41) is 27.2. The van der Waals surface area contributed by atoms with Crippen LogP contribution >= 0.6 is 0 Å². The predicted octanol–water partition coefficient (Wildman–Crippen LogP) is 9.94. The van der Waals surface area contributed by atoms with Crippen LogP contribution in [0.15, 0.2) is 133 Å². The Hall–Kier alpha value is -6.24. The second kappa shape index (κ2) is 18.0. The van der Waals surface area contributed by atoms with Crippen molar-refractivity contribution in [3.8, 4) is 0 Å². The Labute approximate surface area is 362 Å². The molecule has 4 aliphatic heterocycles. The third-order valence-corrected chi connectivity index (χ3v) is 10.7. The maximum atomic E-state index is 13.6. The molecule has 0 N–H and O–H groups in total. The smallest absolute Gasteiger partial charge is 0.453 e. The van der Waals surface area contributed by atoms with Gasteiger partial charge in [0.05, 0.1) is 0 Å². The number of ether oxygens (including phenoxy) is 6. The molecule has 324 valence electrons. The van der Waals surface area contributed by atoms with E-state index in [1.807, 2.05) is 121 Å². The second-order valence-corrected chi connectivity index (χ2v) is 16.5. The summed E-state index contributed by atoms with van der Waals surface area (Å²) >= 11 is 0. The molecule has 0 aromatic heterocycles. The fraction of sp³-hybridized carbons (Fsp3) is 0.360. The first-order valence-electron chi connectivity index (χ1n) is 21.3. The zero-order chi connectivity index (χ0) is 44.1. The van der Waals surface area contributed by atoms with Gasteiger partial charge in [-0.25, -0.2) is 9.47 Å². The Morgan fingerprint density at radius 2 is 0.790 bits per heavy atom. The van der Waals surface area contributed by atoms with Gasteiger partial charge in [-0.3, -0.25) is 9.59 Å². The van der Waals surface area contributed by atoms with E-state index in [-0.39, 0.29) is 12.8 Å². The summed E-state index contributed by atoms with van der Waals surface area (Å²) in [6.07, 6.45) is 3.85. The highest BCUT2D eigenvalue weighted by Crippen LogP contribution is 2.44. The van der Waals surface area contributed by atoms with Crippen molar-refractivity contribution in [2.45, 2.75) is 116 Å². The summed E-state index contributed by atoms with van der Waals surface area (Å²) in [7, 11) is 0. The van der Waals surface area contributed by atoms with Gasteiger partial charge in [-0.1, -0.05) is 148 Å². The number of esters is 2. The fourth-order valence-electron chi connectivity index (χ4n) is 8.11. The highest BCUT2D eigenvalue weighted by atomic mass is 16.9. The first-order valence-corrected chi connectivity index (χ1v) is 21.3. The summed E-state index contributed by atoms with van der Waals surface area (Å²) in [5.41, 5.74) is 6.23. The van der Waals surface area contributed by atoms with Gasteiger partial charge in [0.1, 0.15) is 0 Å². The van der Waals surface area contributed by atoms with Crippen LogP contribution in [0.5, 0.6) is 0 Å². The van der Waals surface area contributed by atoms with Crippen LogP contribution in [-0.4, -0.2) is 56.2 Å². The average molecular weight is 843 g/mol. The lowest BCUT2D eigenvalue weighted by Gasteiger charge is -2.37. The predicted molar refractivity (Wildman–Crippen MR) is 234 cm³/mol. The standard InChI is InChI=1S/2C25H27NO5/c2*1-4-5-16-20-23(30-25(26(20)28)17-21(27)29-24(2,3)31-25)22(18-12-8-6-9-13-18)19-14-10-7-11-15-19/h2*6-15H,4-5,16-17H2,1-3H3/t2*25-/m00/s1. The number of carbonyl (C=O) groups excluding carboxylic acids is 2. The van der Waals surface area contributed by atoms with Crippen molar-refractivity contribution >= 4 is 34.5 Å². The summed E-state index contributed by atoms with van der Waals surface area (Å²) in [4.78, 5) is 24.7. The van der Waals surface area contributed by atoms with E-state index in [0.29, 0.717) is 35.8 Å². The molecule has 0 saturated carbocycles. The van der Waals surface area contributed by atoms with Gasteiger partial charge in [0.2, 0.25) is 34.5 Å². The molecule has 4 aliphatic rings. The van der Waals surface area contributed by atoms with E-state index in [1.165, 1.54) is 0 Å². The van der Waals surface area contributed by atoms with Crippen LogP contribution in [0.25, 0.3) is 11.1 Å². The number of nitrogens with zero attached hydrogens (tertiary/aromatic N) is 2. The van der Waals surface area contributed by atoms with Crippen LogP contribution in [0.4, 0.5) is 0 Å². The van der Waals surface area contributed by atoms with E-state index in [4.69, 9.17) is 28.4 Å². The molecule has 62 heavy (non-hydrogen) atoms. The Morgan fingerprint density at radius 1 is 0.500 bits per heavy atom. The van der Waals surface area contributed by atoms with Gasteiger partial charge < -0.3 is 29.4 Å². The quantitative estimate of drug-likeness (QED) is 0.0860. The van der Waals surface area contributed by atoms with Crippen LogP contribution in [0, 0.1) is 10.4 Å². The normalized spacial score (nSPS) is 22.4. The summed E-state index contributed by atoms with van der Waals surface area (Å²) in [5.74, 6) is -6.26. The molecule has 0 aliphatic carbocycles. The molecule has 8 rings (SSSR count). The molecule has 2 fully saturated rings. The van der Waals surface area contributed by atoms with Crippen LogP contribution < -0.4 is 0 Å². The number of allylic oxidation sites excluding steroid dienone is 2. The minimum absolute atomic E-state index is 0.310. The maximum absolute atomic E-state index is 13.6. The first kappa shape index (κ1) is 43.8. The van der Waals surface area contributed by atoms with Crippen LogP contribution in [-0.2, 0) is 38.0 Å². The number of cyclic esters (lactones) is 2. The van der Waals surface area contributed by atoms with Crippen molar-refractivity contribution in [3.05, 3.63) is 166 Å². The van der Waals surface area contributed by atoms with Gasteiger partial charge in [0.15, 0.2) is 12.8 Å². The number of hydrogen-bond acceptors (Lipinski definition) is 10. The van der Waals surface area contributed by atoms with Crippen LogP contribution in [0.3, 0.4) is 0 Å². The van der Waals surface area contributed by atoms with Crippen molar-refractivity contribution in [3.63, 3.8) is 0 Å². The molecule has 2 spiro atoms. The van der Waals surface area contributed by atoms with Gasteiger partial charge in [-0.05, 0) is 35.1 Å². The van der Waals surface area contributed by atoms with Gasteiger partial charge in [0, 0.05) is 51.7 Å². The zero-order valence-corrected chi connectivity index (χ0v) is 36.2. The summed E-state index contributed by atoms with van der Waals surface area (Å²) < 4.78 is 36.6. The minimum atomic E-state index is -1.77. The molecule has 12 heteroatoms. The molecular weight excluding hydrogens is 789 g/mol. The van der Waals surface area contributed by atoms with E-state index >= 15 is 0 Å². The van der Waals surface area contributed by atoms with E-state index in [9.17, 15) is 20.0 Å². The molecule has 4 aromatic carbocycles. The van der Waals surface area contributed by atoms with Crippen molar-refractivity contribution in [2.75, 3.05) is 0 Å². The van der Waals surface area contributed by atoms with Gasteiger partial charge in [-0.15, -0.1) is 9.48 Å². The van der Waals surface area contributed by atoms with Gasteiger partial charge >= 0.3 is 23.8 Å². The van der Waals surface area contributed by atoms with Gasteiger partial charge in [-0.2, -0.15) is 0 Å². The Balaban J connectivity index is 0.000000186. The molecule has 4 aromatic rings. The van der Waals surface area contributed by atoms with Crippen molar-refractivity contribution in [2.24, 2.45) is 0 Å². The lowest BCUT2D eigenvalue weighted by atomic mass is 9.94. The Morgan fingerprint density at radius 3 is 1.05 bits per heavy atom. The van der Waals surface area contributed by atoms with Crippen LogP contribution in [0.1, 0.15) is 115 Å². The first-order chi connectivity index (χ1) is 29.7. The molecule has 4 heterocycles. The molecular formula is C50H54N2O10. The molecule has 0 bridgehead atoms. The number of unbranched alkanes of at least 4 members (excludes halogenated alkanes) is 2. The SMILES string of the molecule is CCCCC1=[N+]([O-])[C@@]2(CC(=O)OC(C)(C)O2)OC1=C(c1ccccc1)c1ccccc1.CCCCC1=[N+]([O-])[C@@]2(CC(=O)OC(C)(C)O2)OC1=C(c1ccccc1)c1ccccc1. The highest BCUT2D eigenvalue weighted by molar-refractivity contribution is 6.06. The van der Waals surface area contributed by atoms with Crippen molar-refractivity contribution in [1.82, 2.24) is 0 Å². The molecule has 2 atom stereocenters. The largest absolute Gasteiger partial charge is 0.619 e. The topological polar surface area (TPSA) is 142 Å². The highest BCUT2D eigenvalue weighted by Gasteiger charge is 2.63. The van der Waals surface area contributed by atoms with Crippen molar-refractivity contribution < 1.29 is 47.5 Å². The van der Waals surface area contributed by atoms with E-state index in [0.717, 1.165) is 68.6 Å². The number of benzene rings is 4. The molecule has 2 saturated heterocycles. The zero-order valence-electron chi connectivity index (χ0n) is 36.2. The molecule has 12 nitrogen and oxygen atoms in total. The van der Waals surface area contributed by atoms with Crippen molar-refractivity contribution in [1.29, 1.82) is 0 Å². The van der Waals surface area contributed by atoms with E-state index in [2.05, 4.69) is 13.8 Å². The lowest BCUT2D eigenvalue weighted by Crippen LogP contribution is -2.55. The van der Waals surface area contributed by atoms with E-state index < -0.39 is 35.3 Å².